The molecule has 2 aliphatic rings. The van der Waals surface area contributed by atoms with Crippen LogP contribution in [0.15, 0.2) is 11.6 Å². The first-order valence-corrected chi connectivity index (χ1v) is 8.41. The van der Waals surface area contributed by atoms with Crippen LogP contribution in [-0.4, -0.2) is 36.3 Å². The highest BCUT2D eigenvalue weighted by atomic mass is 16.2. The zero-order chi connectivity index (χ0) is 16.5. The molecule has 4 nitrogen and oxygen atoms in total. The van der Waals surface area contributed by atoms with Crippen molar-refractivity contribution in [1.29, 1.82) is 0 Å². The predicted molar refractivity (Wildman–Crippen MR) is 88.2 cm³/mol. The van der Waals surface area contributed by atoms with Crippen LogP contribution in [0.5, 0.6) is 0 Å². The number of hydrogen-bond acceptors (Lipinski definition) is 2. The molecule has 1 aliphatic heterocycles. The largest absolute Gasteiger partial charge is 0.356 e. The van der Waals surface area contributed by atoms with Crippen LogP contribution in [0.3, 0.4) is 0 Å². The van der Waals surface area contributed by atoms with Gasteiger partial charge in [0.2, 0.25) is 11.8 Å². The van der Waals surface area contributed by atoms with E-state index in [1.54, 1.807) is 6.92 Å². The summed E-state index contributed by atoms with van der Waals surface area (Å²) < 4.78 is 0. The molecule has 0 spiro atoms. The van der Waals surface area contributed by atoms with Crippen LogP contribution in [0.2, 0.25) is 0 Å². The zero-order valence-corrected chi connectivity index (χ0v) is 14.6. The summed E-state index contributed by atoms with van der Waals surface area (Å²) >= 11 is 0. The lowest BCUT2D eigenvalue weighted by atomic mass is 9.96. The van der Waals surface area contributed by atoms with Crippen molar-refractivity contribution in [2.24, 2.45) is 23.2 Å². The number of hydrogen-bond donors (Lipinski definition) is 1. The molecule has 1 heterocycles. The number of piperidine rings is 1. The Morgan fingerprint density at radius 1 is 1.18 bits per heavy atom. The van der Waals surface area contributed by atoms with E-state index in [4.69, 9.17) is 0 Å². The highest BCUT2D eigenvalue weighted by molar-refractivity contribution is 5.84. The van der Waals surface area contributed by atoms with Gasteiger partial charge in [0.05, 0.1) is 5.92 Å². The lowest BCUT2D eigenvalue weighted by Gasteiger charge is -2.32. The van der Waals surface area contributed by atoms with Gasteiger partial charge >= 0.3 is 0 Å². The normalized spacial score (nSPS) is 27.2. The van der Waals surface area contributed by atoms with Gasteiger partial charge in [0.1, 0.15) is 0 Å². The van der Waals surface area contributed by atoms with Gasteiger partial charge in [0.15, 0.2) is 0 Å². The molecule has 1 saturated heterocycles. The third-order valence-electron chi connectivity index (χ3n) is 5.26. The van der Waals surface area contributed by atoms with Crippen molar-refractivity contribution < 1.29 is 9.59 Å². The van der Waals surface area contributed by atoms with E-state index in [0.29, 0.717) is 17.7 Å². The monoisotopic (exact) mass is 306 g/mol. The van der Waals surface area contributed by atoms with Gasteiger partial charge in [-0.1, -0.05) is 25.5 Å². The summed E-state index contributed by atoms with van der Waals surface area (Å²) in [6.07, 6.45) is 4.24. The van der Waals surface area contributed by atoms with Gasteiger partial charge in [-0.2, -0.15) is 0 Å². The van der Waals surface area contributed by atoms with Gasteiger partial charge in [-0.15, -0.1) is 0 Å². The lowest BCUT2D eigenvalue weighted by Crippen LogP contribution is -2.42. The number of likely N-dealkylation sites (tertiary alicyclic amines) is 1. The summed E-state index contributed by atoms with van der Waals surface area (Å²) in [5, 5.41) is 2.89. The number of amides is 2. The number of nitrogens with one attached hydrogen (secondary N) is 1. The number of carbonyl (C=O) groups is 2. The fraction of sp³-hybridized carbons (Fsp3) is 0.778. The smallest absolute Gasteiger partial charge is 0.226 e. The SMILES string of the molecule is CC(=O)NCC1CCN(C(=O)[C@@H]2[C@@H](C=C(C)C)C2(C)C)CC1. The van der Waals surface area contributed by atoms with Crippen LogP contribution < -0.4 is 5.32 Å². The van der Waals surface area contributed by atoms with E-state index in [1.165, 1.54) is 5.57 Å². The topological polar surface area (TPSA) is 49.4 Å². The van der Waals surface area contributed by atoms with E-state index in [0.717, 1.165) is 32.5 Å². The molecule has 1 N–H and O–H groups in total. The molecular formula is C18H30N2O2. The fourth-order valence-electron chi connectivity index (χ4n) is 3.66. The minimum absolute atomic E-state index is 0.0304. The van der Waals surface area contributed by atoms with Crippen LogP contribution in [0.1, 0.15) is 47.5 Å². The molecule has 124 valence electrons. The maximum atomic E-state index is 12.8. The van der Waals surface area contributed by atoms with Crippen molar-refractivity contribution in [3.63, 3.8) is 0 Å². The van der Waals surface area contributed by atoms with Crippen molar-refractivity contribution in [3.8, 4) is 0 Å². The molecule has 2 fully saturated rings. The third-order valence-corrected chi connectivity index (χ3v) is 5.26. The summed E-state index contributed by atoms with van der Waals surface area (Å²) in [7, 11) is 0. The molecule has 0 aromatic carbocycles. The van der Waals surface area contributed by atoms with E-state index in [2.05, 4.69) is 39.1 Å². The van der Waals surface area contributed by atoms with E-state index in [1.807, 2.05) is 4.90 Å². The van der Waals surface area contributed by atoms with Gasteiger partial charge in [-0.05, 0) is 43.9 Å². The highest BCUT2D eigenvalue weighted by Gasteiger charge is 2.61. The van der Waals surface area contributed by atoms with Crippen molar-refractivity contribution in [3.05, 3.63) is 11.6 Å². The van der Waals surface area contributed by atoms with Crippen LogP contribution in [0, 0.1) is 23.2 Å². The number of allylic oxidation sites excluding steroid dienone is 2. The summed E-state index contributed by atoms with van der Waals surface area (Å²) in [5.74, 6) is 1.40. The molecule has 2 rings (SSSR count). The Kier molecular flexibility index (Phi) is 4.98. The van der Waals surface area contributed by atoms with Gasteiger partial charge in [-0.3, -0.25) is 9.59 Å². The summed E-state index contributed by atoms with van der Waals surface area (Å²) in [6.45, 7) is 12.6. The quantitative estimate of drug-likeness (QED) is 0.812. The van der Waals surface area contributed by atoms with Crippen molar-refractivity contribution in [2.45, 2.75) is 47.5 Å². The van der Waals surface area contributed by atoms with E-state index in [9.17, 15) is 9.59 Å². The molecule has 0 unspecified atom stereocenters. The Balaban J connectivity index is 1.86. The second-order valence-electron chi connectivity index (χ2n) is 7.77. The Morgan fingerprint density at radius 2 is 1.77 bits per heavy atom. The van der Waals surface area contributed by atoms with E-state index >= 15 is 0 Å². The maximum absolute atomic E-state index is 12.8. The second kappa shape index (κ2) is 6.43. The summed E-state index contributed by atoms with van der Waals surface area (Å²) in [6, 6.07) is 0. The van der Waals surface area contributed by atoms with Gasteiger partial charge in [0, 0.05) is 26.6 Å². The molecule has 1 aliphatic carbocycles. The molecule has 0 bridgehead atoms. The molecule has 0 aromatic heterocycles. The molecule has 1 saturated carbocycles. The van der Waals surface area contributed by atoms with Gasteiger partial charge in [0.25, 0.3) is 0 Å². The molecule has 4 heteroatoms. The van der Waals surface area contributed by atoms with Crippen molar-refractivity contribution in [2.75, 3.05) is 19.6 Å². The first-order valence-electron chi connectivity index (χ1n) is 8.41. The number of carbonyl (C=O) groups excluding carboxylic acids is 2. The van der Waals surface area contributed by atoms with E-state index < -0.39 is 0 Å². The van der Waals surface area contributed by atoms with Crippen LogP contribution >= 0.6 is 0 Å². The molecular weight excluding hydrogens is 276 g/mol. The Hall–Kier alpha value is -1.32. The number of nitrogens with zero attached hydrogens (tertiary/aromatic N) is 1. The zero-order valence-electron chi connectivity index (χ0n) is 14.6. The molecule has 2 amide bonds. The third kappa shape index (κ3) is 3.71. The average Bonchev–Trinajstić information content (AvgIpc) is 2.96. The number of rotatable bonds is 4. The molecule has 2 atom stereocenters. The van der Waals surface area contributed by atoms with Crippen molar-refractivity contribution in [1.82, 2.24) is 10.2 Å². The van der Waals surface area contributed by atoms with Crippen molar-refractivity contribution >= 4 is 11.8 Å². The molecule has 0 radical (unpaired) electrons. The first-order chi connectivity index (χ1) is 10.2. The predicted octanol–water partition coefficient (Wildman–Crippen LogP) is 2.60. The Bertz CT molecular complexity index is 469. The van der Waals surface area contributed by atoms with Gasteiger partial charge < -0.3 is 10.2 Å². The fourth-order valence-corrected chi connectivity index (χ4v) is 3.66. The van der Waals surface area contributed by atoms with Crippen LogP contribution in [-0.2, 0) is 9.59 Å². The van der Waals surface area contributed by atoms with Crippen LogP contribution in [0.25, 0.3) is 0 Å². The minimum Gasteiger partial charge on any atom is -0.356 e. The molecule has 0 aromatic rings. The summed E-state index contributed by atoms with van der Waals surface area (Å²) in [4.78, 5) is 25.8. The highest BCUT2D eigenvalue weighted by Crippen LogP contribution is 2.60. The minimum atomic E-state index is 0.0304. The molecule has 22 heavy (non-hydrogen) atoms. The Morgan fingerprint density at radius 3 is 2.27 bits per heavy atom. The standard InChI is InChI=1S/C18H30N2O2/c1-12(2)10-15-16(18(15,4)5)17(22)20-8-6-14(7-9-20)11-19-13(3)21/h10,14-16H,6-9,11H2,1-5H3,(H,19,21)/t15-,16+/m1/s1. The lowest BCUT2D eigenvalue weighted by molar-refractivity contribution is -0.135. The van der Waals surface area contributed by atoms with Crippen LogP contribution in [0.4, 0.5) is 0 Å². The van der Waals surface area contributed by atoms with Gasteiger partial charge in [-0.25, -0.2) is 0 Å². The van der Waals surface area contributed by atoms with E-state index in [-0.39, 0.29) is 17.2 Å². The first kappa shape index (κ1) is 17.0. The maximum Gasteiger partial charge on any atom is 0.226 e. The second-order valence-corrected chi connectivity index (χ2v) is 7.77. The summed E-state index contributed by atoms with van der Waals surface area (Å²) in [5.41, 5.74) is 1.39. The Labute approximate surface area is 134 Å². The average molecular weight is 306 g/mol.